The molecule has 6 heteroatoms. The van der Waals surface area contributed by atoms with E-state index < -0.39 is 0 Å². The lowest BCUT2D eigenvalue weighted by molar-refractivity contribution is 0.222. The number of rotatable bonds is 2. The third kappa shape index (κ3) is 2.85. The van der Waals surface area contributed by atoms with Crippen molar-refractivity contribution in [3.8, 4) is 0 Å². The number of likely N-dealkylation sites (tertiary alicyclic amines) is 1. The molecule has 1 aliphatic carbocycles. The second-order valence-corrected chi connectivity index (χ2v) is 7.57. The van der Waals surface area contributed by atoms with Gasteiger partial charge in [-0.2, -0.15) is 0 Å². The molecule has 6 nitrogen and oxygen atoms in total. The molecular weight excluding hydrogens is 338 g/mol. The average Bonchev–Trinajstić information content (AvgIpc) is 3.40. The van der Waals surface area contributed by atoms with Gasteiger partial charge < -0.3 is 14.8 Å². The molecule has 2 aliphatic rings. The number of hydrogen-bond acceptors (Lipinski definition) is 3. The van der Waals surface area contributed by atoms with Gasteiger partial charge in [-0.05, 0) is 61.1 Å². The zero-order chi connectivity index (χ0) is 18.4. The maximum absolute atomic E-state index is 12.7. The summed E-state index contributed by atoms with van der Waals surface area (Å²) >= 11 is 0. The Labute approximate surface area is 158 Å². The lowest BCUT2D eigenvalue weighted by Crippen LogP contribution is -2.33. The second-order valence-electron chi connectivity index (χ2n) is 7.57. The number of anilines is 1. The molecule has 0 unspecified atom stereocenters. The Bertz CT molecular complexity index is 1020. The van der Waals surface area contributed by atoms with E-state index in [9.17, 15) is 4.79 Å². The molecule has 1 aromatic carbocycles. The average molecular weight is 361 g/mol. The first-order valence-electron chi connectivity index (χ1n) is 9.64. The van der Waals surface area contributed by atoms with Crippen molar-refractivity contribution < 1.29 is 4.79 Å². The highest BCUT2D eigenvalue weighted by Crippen LogP contribution is 2.29. The van der Waals surface area contributed by atoms with Crippen LogP contribution in [-0.2, 0) is 19.9 Å². The van der Waals surface area contributed by atoms with E-state index in [-0.39, 0.29) is 11.9 Å². The van der Waals surface area contributed by atoms with Gasteiger partial charge in [-0.1, -0.05) is 6.07 Å². The van der Waals surface area contributed by atoms with Gasteiger partial charge in [-0.25, -0.2) is 14.8 Å². The molecule has 0 saturated carbocycles. The predicted molar refractivity (Wildman–Crippen MR) is 105 cm³/mol. The molecule has 1 atom stereocenters. The van der Waals surface area contributed by atoms with Crippen LogP contribution in [0.5, 0.6) is 0 Å². The number of pyridine rings is 1. The van der Waals surface area contributed by atoms with Gasteiger partial charge in [0.15, 0.2) is 5.65 Å². The first kappa shape index (κ1) is 16.3. The molecule has 1 saturated heterocycles. The van der Waals surface area contributed by atoms with Crippen molar-refractivity contribution in [3.63, 3.8) is 0 Å². The molecule has 3 aromatic rings. The number of imidazole rings is 1. The van der Waals surface area contributed by atoms with Crippen LogP contribution in [0.15, 0.2) is 36.5 Å². The van der Waals surface area contributed by atoms with Crippen LogP contribution in [-0.4, -0.2) is 38.6 Å². The van der Waals surface area contributed by atoms with Crippen LogP contribution < -0.4 is 5.32 Å². The number of aryl methyl sites for hydroxylation is 3. The maximum Gasteiger partial charge on any atom is 0.321 e. The molecule has 5 rings (SSSR count). The molecule has 0 radical (unpaired) electrons. The first-order valence-corrected chi connectivity index (χ1v) is 9.64. The predicted octanol–water partition coefficient (Wildman–Crippen LogP) is 3.48. The van der Waals surface area contributed by atoms with Gasteiger partial charge in [0.25, 0.3) is 0 Å². The van der Waals surface area contributed by atoms with E-state index >= 15 is 0 Å². The molecule has 138 valence electrons. The Morgan fingerprint density at radius 1 is 1.22 bits per heavy atom. The third-order valence-corrected chi connectivity index (χ3v) is 5.85. The minimum atomic E-state index is -0.0210. The van der Waals surface area contributed by atoms with Crippen LogP contribution in [0.3, 0.4) is 0 Å². The molecule has 27 heavy (non-hydrogen) atoms. The van der Waals surface area contributed by atoms with Crippen LogP contribution in [0, 0.1) is 0 Å². The van der Waals surface area contributed by atoms with Crippen molar-refractivity contribution in [3.05, 3.63) is 53.5 Å². The Morgan fingerprint density at radius 2 is 2.11 bits per heavy atom. The molecule has 2 amide bonds. The Kier molecular flexibility index (Phi) is 3.85. The first-order chi connectivity index (χ1) is 13.2. The number of benzene rings is 1. The van der Waals surface area contributed by atoms with E-state index in [1.165, 1.54) is 17.5 Å². The van der Waals surface area contributed by atoms with E-state index in [4.69, 9.17) is 4.98 Å². The molecule has 1 N–H and O–H groups in total. The fourth-order valence-corrected chi connectivity index (χ4v) is 4.41. The van der Waals surface area contributed by atoms with Gasteiger partial charge in [0.2, 0.25) is 0 Å². The Morgan fingerprint density at radius 3 is 3.00 bits per heavy atom. The summed E-state index contributed by atoms with van der Waals surface area (Å²) in [7, 11) is 2.00. The Hall–Kier alpha value is -2.89. The van der Waals surface area contributed by atoms with Crippen LogP contribution in [0.2, 0.25) is 0 Å². The molecular formula is C21H23N5O. The number of amides is 2. The van der Waals surface area contributed by atoms with Gasteiger partial charge in [0.1, 0.15) is 11.3 Å². The largest absolute Gasteiger partial charge is 0.324 e. The normalized spacial score (nSPS) is 18.9. The van der Waals surface area contributed by atoms with Gasteiger partial charge >= 0.3 is 6.03 Å². The van der Waals surface area contributed by atoms with Crippen molar-refractivity contribution in [2.75, 3.05) is 18.4 Å². The number of urea groups is 1. The van der Waals surface area contributed by atoms with E-state index in [1.54, 1.807) is 6.20 Å². The highest BCUT2D eigenvalue weighted by atomic mass is 16.2. The SMILES string of the molecule is Cn1c([C@@H]2CCN(C(=O)Nc3ccc4c(c3)CCC4)C2)nc2cccnc21. The van der Waals surface area contributed by atoms with Crippen molar-refractivity contribution in [2.24, 2.45) is 7.05 Å². The minimum Gasteiger partial charge on any atom is -0.324 e. The number of fused-ring (bicyclic) bond motifs is 2. The monoisotopic (exact) mass is 361 g/mol. The Balaban J connectivity index is 1.30. The number of nitrogens with zero attached hydrogens (tertiary/aromatic N) is 4. The van der Waals surface area contributed by atoms with Gasteiger partial charge in [0.05, 0.1) is 0 Å². The summed E-state index contributed by atoms with van der Waals surface area (Å²) in [5, 5.41) is 3.07. The lowest BCUT2D eigenvalue weighted by Gasteiger charge is -2.18. The summed E-state index contributed by atoms with van der Waals surface area (Å²) < 4.78 is 2.06. The van der Waals surface area contributed by atoms with Crippen LogP contribution in [0.4, 0.5) is 10.5 Å². The lowest BCUT2D eigenvalue weighted by atomic mass is 10.1. The van der Waals surface area contributed by atoms with Gasteiger partial charge in [0, 0.05) is 37.9 Å². The molecule has 0 spiro atoms. The standard InChI is InChI=1S/C21H23N5O/c1-25-19(24-18-6-3-10-22-20(18)25)16-9-11-26(13-16)21(27)23-17-8-7-14-4-2-5-15(14)12-17/h3,6-8,10,12,16H,2,4-5,9,11,13H2,1H3,(H,23,27)/t16-/m1/s1. The number of aromatic nitrogens is 3. The second kappa shape index (κ2) is 6.37. The smallest absolute Gasteiger partial charge is 0.321 e. The number of hydrogen-bond donors (Lipinski definition) is 1. The zero-order valence-corrected chi connectivity index (χ0v) is 15.5. The maximum atomic E-state index is 12.7. The fourth-order valence-electron chi connectivity index (χ4n) is 4.41. The quantitative estimate of drug-likeness (QED) is 0.760. The summed E-state index contributed by atoms with van der Waals surface area (Å²) in [6, 6.07) is 10.2. The number of carbonyl (C=O) groups is 1. The molecule has 2 aromatic heterocycles. The zero-order valence-electron chi connectivity index (χ0n) is 15.5. The van der Waals surface area contributed by atoms with Gasteiger partial charge in [-0.3, -0.25) is 0 Å². The number of carbonyl (C=O) groups excluding carboxylic acids is 1. The highest BCUT2D eigenvalue weighted by Gasteiger charge is 2.30. The van der Waals surface area contributed by atoms with E-state index in [0.717, 1.165) is 48.5 Å². The summed E-state index contributed by atoms with van der Waals surface area (Å²) in [6.07, 6.45) is 6.21. The summed E-state index contributed by atoms with van der Waals surface area (Å²) in [5.41, 5.74) is 5.50. The van der Waals surface area contributed by atoms with Crippen molar-refractivity contribution in [1.29, 1.82) is 0 Å². The highest BCUT2D eigenvalue weighted by molar-refractivity contribution is 5.89. The van der Waals surface area contributed by atoms with Crippen molar-refractivity contribution >= 4 is 22.9 Å². The summed E-state index contributed by atoms with van der Waals surface area (Å²) in [6.45, 7) is 1.44. The fraction of sp³-hybridized carbons (Fsp3) is 0.381. The van der Waals surface area contributed by atoms with Gasteiger partial charge in [-0.15, -0.1) is 0 Å². The summed E-state index contributed by atoms with van der Waals surface area (Å²) in [4.78, 5) is 23.8. The van der Waals surface area contributed by atoms with Crippen molar-refractivity contribution in [2.45, 2.75) is 31.6 Å². The van der Waals surface area contributed by atoms with Crippen molar-refractivity contribution in [1.82, 2.24) is 19.4 Å². The number of nitrogens with one attached hydrogen (secondary N) is 1. The molecule has 3 heterocycles. The summed E-state index contributed by atoms with van der Waals surface area (Å²) in [5.74, 6) is 1.26. The van der Waals surface area contributed by atoms with Crippen LogP contribution in [0.25, 0.3) is 11.2 Å². The van der Waals surface area contributed by atoms with E-state index in [1.807, 2.05) is 30.1 Å². The van der Waals surface area contributed by atoms with Crippen LogP contribution >= 0.6 is 0 Å². The molecule has 1 fully saturated rings. The minimum absolute atomic E-state index is 0.0210. The molecule has 0 bridgehead atoms. The van der Waals surface area contributed by atoms with Crippen LogP contribution in [0.1, 0.15) is 35.7 Å². The molecule has 1 aliphatic heterocycles. The van der Waals surface area contributed by atoms with E-state index in [0.29, 0.717) is 6.54 Å². The topological polar surface area (TPSA) is 63.1 Å². The van der Waals surface area contributed by atoms with E-state index in [2.05, 4.69) is 27.0 Å². The third-order valence-electron chi connectivity index (χ3n) is 5.85.